The Kier molecular flexibility index (Phi) is 5.23. The van der Waals surface area contributed by atoms with Crippen LogP contribution in [0.5, 0.6) is 0 Å². The summed E-state index contributed by atoms with van der Waals surface area (Å²) in [6.07, 6.45) is 3.50. The van der Waals surface area contributed by atoms with Crippen LogP contribution in [0.4, 0.5) is 0 Å². The molecule has 0 bridgehead atoms. The lowest BCUT2D eigenvalue weighted by atomic mass is 10.6. The average Bonchev–Trinajstić information content (AvgIpc) is 2.14. The third-order valence-corrected chi connectivity index (χ3v) is 2.50. The highest BCUT2D eigenvalue weighted by atomic mass is 32.2. The van der Waals surface area contributed by atoms with Crippen LogP contribution in [0.25, 0.3) is 0 Å². The monoisotopic (exact) mass is 189 g/mol. The number of thioether (sulfide) groups is 1. The van der Waals surface area contributed by atoms with Gasteiger partial charge in [0.15, 0.2) is 0 Å². The molecule has 0 amide bonds. The third-order valence-electron chi connectivity index (χ3n) is 1.56. The predicted octanol–water partition coefficient (Wildman–Crippen LogP) is 1.13. The second-order valence-corrected chi connectivity index (χ2v) is 3.67. The van der Waals surface area contributed by atoms with Gasteiger partial charge in [0.05, 0.1) is 20.0 Å². The third kappa shape index (κ3) is 3.99. The van der Waals surface area contributed by atoms with Gasteiger partial charge in [0.2, 0.25) is 0 Å². The van der Waals surface area contributed by atoms with Crippen LogP contribution in [0, 0.1) is 0 Å². The predicted molar refractivity (Wildman–Crippen MR) is 51.0 cm³/mol. The van der Waals surface area contributed by atoms with Gasteiger partial charge in [-0.25, -0.2) is 0 Å². The maximum atomic E-state index is 5.44. The van der Waals surface area contributed by atoms with Crippen molar-refractivity contribution in [2.45, 2.75) is 0 Å². The Morgan fingerprint density at radius 1 is 1.42 bits per heavy atom. The Labute approximate surface area is 77.7 Å². The molecule has 0 aromatic carbocycles. The highest BCUT2D eigenvalue weighted by molar-refractivity contribution is 7.99. The molecular formula is C8H15NO2S. The van der Waals surface area contributed by atoms with E-state index >= 15 is 0 Å². The van der Waals surface area contributed by atoms with Gasteiger partial charge < -0.3 is 4.74 Å². The Morgan fingerprint density at radius 3 is 2.83 bits per heavy atom. The van der Waals surface area contributed by atoms with Crippen LogP contribution in [0.15, 0.2) is 12.3 Å². The molecule has 70 valence electrons. The molecule has 1 rings (SSSR count). The van der Waals surface area contributed by atoms with Crippen LogP contribution in [0.1, 0.15) is 0 Å². The van der Waals surface area contributed by atoms with Gasteiger partial charge in [0, 0.05) is 24.6 Å². The summed E-state index contributed by atoms with van der Waals surface area (Å²) in [5, 5.41) is 2.01. The highest BCUT2D eigenvalue weighted by Gasteiger charge is 2.09. The van der Waals surface area contributed by atoms with E-state index in [1.807, 2.05) is 22.9 Å². The van der Waals surface area contributed by atoms with Crippen LogP contribution in [-0.2, 0) is 9.57 Å². The van der Waals surface area contributed by atoms with Gasteiger partial charge in [-0.15, -0.1) is 0 Å². The molecule has 1 aliphatic rings. The zero-order valence-electron chi connectivity index (χ0n) is 7.36. The molecule has 0 aromatic rings. The second kappa shape index (κ2) is 6.34. The van der Waals surface area contributed by atoms with Crippen molar-refractivity contribution < 1.29 is 9.57 Å². The van der Waals surface area contributed by atoms with Crippen LogP contribution in [-0.4, -0.2) is 43.4 Å². The SMILES string of the molecule is CO/C=C/CON1CCSCC1. The van der Waals surface area contributed by atoms with Crippen molar-refractivity contribution in [3.05, 3.63) is 12.3 Å². The van der Waals surface area contributed by atoms with Crippen molar-refractivity contribution in [3.8, 4) is 0 Å². The summed E-state index contributed by atoms with van der Waals surface area (Å²) in [7, 11) is 1.63. The highest BCUT2D eigenvalue weighted by Crippen LogP contribution is 2.08. The first-order valence-electron chi connectivity index (χ1n) is 4.07. The lowest BCUT2D eigenvalue weighted by Crippen LogP contribution is -2.32. The molecule has 12 heavy (non-hydrogen) atoms. The summed E-state index contributed by atoms with van der Waals surface area (Å²) in [6.45, 7) is 2.68. The molecule has 0 radical (unpaired) electrons. The van der Waals surface area contributed by atoms with Crippen LogP contribution >= 0.6 is 11.8 Å². The fourth-order valence-corrected chi connectivity index (χ4v) is 1.83. The summed E-state index contributed by atoms with van der Waals surface area (Å²) in [5.41, 5.74) is 0. The summed E-state index contributed by atoms with van der Waals surface area (Å²) >= 11 is 1.98. The van der Waals surface area contributed by atoms with Crippen molar-refractivity contribution in [1.82, 2.24) is 5.06 Å². The number of ether oxygens (including phenoxy) is 1. The first kappa shape index (κ1) is 9.89. The van der Waals surface area contributed by atoms with E-state index in [9.17, 15) is 0 Å². The second-order valence-electron chi connectivity index (χ2n) is 2.44. The number of methoxy groups -OCH3 is 1. The molecule has 0 saturated carbocycles. The number of hydrogen-bond donors (Lipinski definition) is 0. The zero-order chi connectivity index (χ0) is 8.65. The summed E-state index contributed by atoms with van der Waals surface area (Å²) < 4.78 is 4.75. The minimum Gasteiger partial charge on any atom is -0.505 e. The molecule has 1 fully saturated rings. The van der Waals surface area contributed by atoms with Crippen LogP contribution in [0.3, 0.4) is 0 Å². The van der Waals surface area contributed by atoms with Crippen molar-refractivity contribution in [3.63, 3.8) is 0 Å². The van der Waals surface area contributed by atoms with Gasteiger partial charge >= 0.3 is 0 Å². The fourth-order valence-electron chi connectivity index (χ4n) is 0.960. The lowest BCUT2D eigenvalue weighted by Gasteiger charge is -2.24. The smallest absolute Gasteiger partial charge is 0.0898 e. The maximum Gasteiger partial charge on any atom is 0.0898 e. The molecule has 1 saturated heterocycles. The van der Waals surface area contributed by atoms with Gasteiger partial charge in [-0.3, -0.25) is 4.84 Å². The zero-order valence-corrected chi connectivity index (χ0v) is 8.18. The summed E-state index contributed by atoms with van der Waals surface area (Å²) in [5.74, 6) is 2.35. The van der Waals surface area contributed by atoms with Gasteiger partial charge in [0.25, 0.3) is 0 Å². The Morgan fingerprint density at radius 2 is 2.17 bits per heavy atom. The number of nitrogens with zero attached hydrogens (tertiary/aromatic N) is 1. The Hall–Kier alpha value is -0.190. The lowest BCUT2D eigenvalue weighted by molar-refractivity contribution is -0.141. The van der Waals surface area contributed by atoms with Crippen molar-refractivity contribution >= 4 is 11.8 Å². The van der Waals surface area contributed by atoms with E-state index in [1.165, 1.54) is 11.5 Å². The van der Waals surface area contributed by atoms with Crippen LogP contribution < -0.4 is 0 Å². The van der Waals surface area contributed by atoms with Gasteiger partial charge in [0.1, 0.15) is 0 Å². The van der Waals surface area contributed by atoms with E-state index in [1.54, 1.807) is 13.4 Å². The first-order valence-corrected chi connectivity index (χ1v) is 5.22. The van der Waals surface area contributed by atoms with E-state index in [2.05, 4.69) is 0 Å². The molecule has 0 aliphatic carbocycles. The molecule has 0 aromatic heterocycles. The Balaban J connectivity index is 2.01. The minimum absolute atomic E-state index is 0.610. The molecule has 0 unspecified atom stereocenters. The van der Waals surface area contributed by atoms with E-state index in [4.69, 9.17) is 9.57 Å². The van der Waals surface area contributed by atoms with Crippen molar-refractivity contribution in [2.24, 2.45) is 0 Å². The van der Waals surface area contributed by atoms with Gasteiger partial charge in [-0.1, -0.05) is 0 Å². The Bertz CT molecular complexity index is 135. The largest absolute Gasteiger partial charge is 0.505 e. The average molecular weight is 189 g/mol. The molecule has 0 atom stereocenters. The van der Waals surface area contributed by atoms with E-state index in [0.717, 1.165) is 13.1 Å². The van der Waals surface area contributed by atoms with Crippen LogP contribution in [0.2, 0.25) is 0 Å². The van der Waals surface area contributed by atoms with Crippen molar-refractivity contribution in [1.29, 1.82) is 0 Å². The maximum absolute atomic E-state index is 5.44. The van der Waals surface area contributed by atoms with E-state index in [0.29, 0.717) is 6.61 Å². The molecule has 0 N–H and O–H groups in total. The fraction of sp³-hybridized carbons (Fsp3) is 0.750. The minimum atomic E-state index is 0.610. The van der Waals surface area contributed by atoms with Gasteiger partial charge in [-0.05, 0) is 6.08 Å². The van der Waals surface area contributed by atoms with E-state index in [-0.39, 0.29) is 0 Å². The summed E-state index contributed by atoms with van der Waals surface area (Å²) in [4.78, 5) is 5.44. The molecule has 0 spiro atoms. The quantitative estimate of drug-likeness (QED) is 0.618. The number of hydrogen-bond acceptors (Lipinski definition) is 4. The normalized spacial score (nSPS) is 20.1. The topological polar surface area (TPSA) is 21.7 Å². The molecular weight excluding hydrogens is 174 g/mol. The number of rotatable bonds is 4. The molecule has 3 nitrogen and oxygen atoms in total. The van der Waals surface area contributed by atoms with Crippen molar-refractivity contribution in [2.75, 3.05) is 38.3 Å². The molecule has 4 heteroatoms. The summed E-state index contributed by atoms with van der Waals surface area (Å²) in [6, 6.07) is 0. The molecule has 1 heterocycles. The number of hydroxylamine groups is 2. The van der Waals surface area contributed by atoms with Gasteiger partial charge in [-0.2, -0.15) is 16.8 Å². The first-order chi connectivity index (χ1) is 5.93. The standard InChI is InChI=1S/C8H15NO2S/c1-10-5-2-6-11-9-3-7-12-8-4-9/h2,5H,3-4,6-8H2,1H3/b5-2+. The molecule has 1 aliphatic heterocycles. The van der Waals surface area contributed by atoms with E-state index < -0.39 is 0 Å².